The van der Waals surface area contributed by atoms with E-state index in [4.69, 9.17) is 0 Å². The number of benzene rings is 1. The Balaban J connectivity index is 1.86. The molecule has 0 bridgehead atoms. The molecule has 0 unspecified atom stereocenters. The third kappa shape index (κ3) is 3.83. The quantitative estimate of drug-likeness (QED) is 0.643. The molecule has 2 N–H and O–H groups in total. The molecule has 7 heteroatoms. The van der Waals surface area contributed by atoms with Gasteiger partial charge in [-0.3, -0.25) is 9.78 Å². The van der Waals surface area contributed by atoms with E-state index < -0.39 is 17.9 Å². The summed E-state index contributed by atoms with van der Waals surface area (Å²) < 4.78 is 0.560. The molecule has 0 radical (unpaired) electrons. The third-order valence-corrected chi connectivity index (χ3v) is 4.47. The molecule has 1 aromatic carbocycles. The molecule has 0 fully saturated rings. The first kappa shape index (κ1) is 17.0. The summed E-state index contributed by atoms with van der Waals surface area (Å²) >= 11 is 3.29. The fourth-order valence-electron chi connectivity index (χ4n) is 2.52. The van der Waals surface area contributed by atoms with Crippen molar-refractivity contribution in [3.63, 3.8) is 0 Å². The molecule has 0 spiro atoms. The second-order valence-electron chi connectivity index (χ2n) is 5.40. The molecule has 2 aromatic heterocycles. The second-order valence-corrected chi connectivity index (χ2v) is 6.15. The van der Waals surface area contributed by atoms with Crippen molar-refractivity contribution < 1.29 is 14.7 Å². The first-order valence-electron chi connectivity index (χ1n) is 7.53. The standard InChI is InChI=1S/C18H14BrN3O3/c19-16-11(4-3-8-21-16)10-15(18(24)25)22-17(23)13-7-9-20-14-6-2-1-5-12(13)14/h1-9,15H,10H2,(H,22,23)(H,24,25)/t15-/m1/s1. The number of carbonyl (C=O) groups is 2. The molecule has 3 rings (SSSR count). The maximum absolute atomic E-state index is 12.6. The lowest BCUT2D eigenvalue weighted by molar-refractivity contribution is -0.139. The third-order valence-electron chi connectivity index (χ3n) is 3.76. The molecule has 0 aliphatic heterocycles. The lowest BCUT2D eigenvalue weighted by atomic mass is 10.1. The van der Waals surface area contributed by atoms with Gasteiger partial charge < -0.3 is 10.4 Å². The topological polar surface area (TPSA) is 92.2 Å². The molecule has 25 heavy (non-hydrogen) atoms. The fourth-order valence-corrected chi connectivity index (χ4v) is 2.93. The SMILES string of the molecule is O=C(N[C@H](Cc1cccnc1Br)C(=O)O)c1ccnc2ccccc12. The van der Waals surface area contributed by atoms with E-state index in [0.29, 0.717) is 26.6 Å². The number of para-hydroxylation sites is 1. The zero-order chi connectivity index (χ0) is 17.8. The number of nitrogens with zero attached hydrogens (tertiary/aromatic N) is 2. The molecule has 6 nitrogen and oxygen atoms in total. The van der Waals surface area contributed by atoms with E-state index in [1.54, 1.807) is 36.5 Å². The van der Waals surface area contributed by atoms with Crippen LogP contribution in [-0.4, -0.2) is 33.0 Å². The normalized spacial score (nSPS) is 11.9. The minimum absolute atomic E-state index is 0.124. The van der Waals surface area contributed by atoms with Crippen molar-refractivity contribution in [1.82, 2.24) is 15.3 Å². The van der Waals surface area contributed by atoms with Crippen LogP contribution < -0.4 is 5.32 Å². The van der Waals surface area contributed by atoms with Crippen LogP contribution in [-0.2, 0) is 11.2 Å². The maximum atomic E-state index is 12.6. The van der Waals surface area contributed by atoms with Crippen molar-refractivity contribution in [2.75, 3.05) is 0 Å². The number of carbonyl (C=O) groups excluding carboxylic acids is 1. The largest absolute Gasteiger partial charge is 0.480 e. The number of aliphatic carboxylic acids is 1. The van der Waals surface area contributed by atoms with Gasteiger partial charge in [-0.15, -0.1) is 0 Å². The van der Waals surface area contributed by atoms with Gasteiger partial charge >= 0.3 is 5.97 Å². The molecule has 0 saturated carbocycles. The van der Waals surface area contributed by atoms with Crippen LogP contribution in [0.2, 0.25) is 0 Å². The number of hydrogen-bond acceptors (Lipinski definition) is 4. The number of pyridine rings is 2. The first-order valence-corrected chi connectivity index (χ1v) is 8.32. The van der Waals surface area contributed by atoms with E-state index >= 15 is 0 Å². The zero-order valence-corrected chi connectivity index (χ0v) is 14.6. The predicted molar refractivity (Wildman–Crippen MR) is 96.3 cm³/mol. The van der Waals surface area contributed by atoms with E-state index in [1.807, 2.05) is 12.1 Å². The van der Waals surface area contributed by atoms with E-state index in [1.165, 1.54) is 6.20 Å². The van der Waals surface area contributed by atoms with Gasteiger partial charge in [0.05, 0.1) is 11.1 Å². The number of fused-ring (bicyclic) bond motifs is 1. The van der Waals surface area contributed by atoms with Gasteiger partial charge in [0, 0.05) is 24.2 Å². The highest BCUT2D eigenvalue weighted by atomic mass is 79.9. The fraction of sp³-hybridized carbons (Fsp3) is 0.111. The zero-order valence-electron chi connectivity index (χ0n) is 13.0. The highest BCUT2D eigenvalue weighted by Crippen LogP contribution is 2.18. The van der Waals surface area contributed by atoms with Gasteiger partial charge in [-0.05, 0) is 39.7 Å². The summed E-state index contributed by atoms with van der Waals surface area (Å²) in [5.41, 5.74) is 1.77. The number of halogens is 1. The Kier molecular flexibility index (Phi) is 5.04. The van der Waals surface area contributed by atoms with E-state index in [-0.39, 0.29) is 6.42 Å². The van der Waals surface area contributed by atoms with Gasteiger partial charge in [0.1, 0.15) is 10.6 Å². The van der Waals surface area contributed by atoms with Crippen LogP contribution in [0, 0.1) is 0 Å². The molecule has 0 aliphatic carbocycles. The second kappa shape index (κ2) is 7.40. The predicted octanol–water partition coefficient (Wildman–Crippen LogP) is 2.82. The monoisotopic (exact) mass is 399 g/mol. The highest BCUT2D eigenvalue weighted by molar-refractivity contribution is 9.10. The summed E-state index contributed by atoms with van der Waals surface area (Å²) in [5.74, 6) is -1.56. The van der Waals surface area contributed by atoms with Crippen molar-refractivity contribution in [1.29, 1.82) is 0 Å². The molecular weight excluding hydrogens is 386 g/mol. The first-order chi connectivity index (χ1) is 12.1. The smallest absolute Gasteiger partial charge is 0.326 e. The molecule has 0 saturated heterocycles. The van der Waals surface area contributed by atoms with Crippen molar-refractivity contribution >= 4 is 38.7 Å². The van der Waals surface area contributed by atoms with Gasteiger partial charge in [-0.1, -0.05) is 24.3 Å². The number of amides is 1. The Hall–Kier alpha value is -2.80. The van der Waals surface area contributed by atoms with Crippen LogP contribution >= 0.6 is 15.9 Å². The minimum atomic E-state index is -1.11. The average molecular weight is 400 g/mol. The Morgan fingerprint density at radius 3 is 2.64 bits per heavy atom. The van der Waals surface area contributed by atoms with Gasteiger partial charge in [-0.25, -0.2) is 9.78 Å². The molecule has 1 atom stereocenters. The number of carboxylic acids is 1. The van der Waals surface area contributed by atoms with Gasteiger partial charge in [0.25, 0.3) is 5.91 Å². The Morgan fingerprint density at radius 2 is 1.88 bits per heavy atom. The molecule has 0 aliphatic rings. The lowest BCUT2D eigenvalue weighted by Gasteiger charge is -2.16. The molecule has 126 valence electrons. The minimum Gasteiger partial charge on any atom is -0.480 e. The summed E-state index contributed by atoms with van der Waals surface area (Å²) in [5, 5.41) is 12.7. The van der Waals surface area contributed by atoms with Gasteiger partial charge in [-0.2, -0.15) is 0 Å². The maximum Gasteiger partial charge on any atom is 0.326 e. The summed E-state index contributed by atoms with van der Waals surface area (Å²) in [6.45, 7) is 0. The van der Waals surface area contributed by atoms with Crippen LogP contribution in [0.4, 0.5) is 0 Å². The number of rotatable bonds is 5. The van der Waals surface area contributed by atoms with Crippen molar-refractivity contribution in [3.8, 4) is 0 Å². The molecule has 2 heterocycles. The highest BCUT2D eigenvalue weighted by Gasteiger charge is 2.23. The van der Waals surface area contributed by atoms with E-state index in [9.17, 15) is 14.7 Å². The number of hydrogen-bond donors (Lipinski definition) is 2. The Morgan fingerprint density at radius 1 is 1.08 bits per heavy atom. The summed E-state index contributed by atoms with van der Waals surface area (Å²) in [7, 11) is 0. The van der Waals surface area contributed by atoms with E-state index in [0.717, 1.165) is 0 Å². The van der Waals surface area contributed by atoms with Crippen molar-refractivity contribution in [2.24, 2.45) is 0 Å². The summed E-state index contributed by atoms with van der Waals surface area (Å²) in [6.07, 6.45) is 3.26. The van der Waals surface area contributed by atoms with Crippen LogP contribution in [0.25, 0.3) is 10.9 Å². The van der Waals surface area contributed by atoms with Crippen molar-refractivity contribution in [3.05, 3.63) is 70.6 Å². The van der Waals surface area contributed by atoms with Crippen LogP contribution in [0.15, 0.2) is 59.5 Å². The van der Waals surface area contributed by atoms with Crippen LogP contribution in [0.3, 0.4) is 0 Å². The number of nitrogens with one attached hydrogen (secondary N) is 1. The Labute approximate surface area is 152 Å². The summed E-state index contributed by atoms with van der Waals surface area (Å²) in [6, 6.07) is 11.2. The molecular formula is C18H14BrN3O3. The van der Waals surface area contributed by atoms with Gasteiger partial charge in [0.2, 0.25) is 0 Å². The summed E-state index contributed by atoms with van der Waals surface area (Å²) in [4.78, 5) is 32.5. The van der Waals surface area contributed by atoms with Crippen molar-refractivity contribution in [2.45, 2.75) is 12.5 Å². The number of carboxylic acid groups (broad SMARTS) is 1. The van der Waals surface area contributed by atoms with E-state index in [2.05, 4.69) is 31.2 Å². The average Bonchev–Trinajstić information content (AvgIpc) is 2.62. The van der Waals surface area contributed by atoms with Gasteiger partial charge in [0.15, 0.2) is 0 Å². The Bertz CT molecular complexity index is 940. The molecule has 3 aromatic rings. The lowest BCUT2D eigenvalue weighted by Crippen LogP contribution is -2.42. The molecule has 1 amide bonds. The van der Waals surface area contributed by atoms with Crippen LogP contribution in [0.5, 0.6) is 0 Å². The number of aromatic nitrogens is 2. The van der Waals surface area contributed by atoms with Crippen LogP contribution in [0.1, 0.15) is 15.9 Å².